The predicted molar refractivity (Wildman–Crippen MR) is 80.1 cm³/mol. The zero-order valence-corrected chi connectivity index (χ0v) is 11.6. The Hall–Kier alpha value is -1.03. The zero-order valence-electron chi connectivity index (χ0n) is 10.8. The van der Waals surface area contributed by atoms with Crippen LogP contribution in [0.25, 0.3) is 10.9 Å². The lowest BCUT2D eigenvalue weighted by Gasteiger charge is -2.12. The van der Waals surface area contributed by atoms with Gasteiger partial charge in [0.15, 0.2) is 0 Å². The maximum atomic E-state index is 6.29. The van der Waals surface area contributed by atoms with Gasteiger partial charge in [-0.3, -0.25) is 0 Å². The number of benzene rings is 1. The molecule has 1 heterocycles. The molecule has 2 aromatic rings. The first-order valence-electron chi connectivity index (χ1n) is 6.27. The first kappa shape index (κ1) is 15.0. The Morgan fingerprint density at radius 1 is 1.22 bits per heavy atom. The molecule has 1 aromatic heterocycles. The summed E-state index contributed by atoms with van der Waals surface area (Å²) in [5, 5.41) is 1.25. The van der Waals surface area contributed by atoms with E-state index in [1.165, 1.54) is 22.2 Å². The van der Waals surface area contributed by atoms with Crippen molar-refractivity contribution in [3.63, 3.8) is 0 Å². The van der Waals surface area contributed by atoms with Crippen LogP contribution in [-0.2, 0) is 0 Å². The minimum Gasteiger partial charge on any atom is -0.358 e. The van der Waals surface area contributed by atoms with Crippen LogP contribution in [0.4, 0.5) is 0 Å². The Labute approximate surface area is 114 Å². The number of rotatable bonds is 5. The van der Waals surface area contributed by atoms with Crippen molar-refractivity contribution in [3.05, 3.63) is 35.5 Å². The molecule has 5 N–H and O–H groups in total. The molecule has 0 spiro atoms. The molecule has 100 valence electrons. The lowest BCUT2D eigenvalue weighted by molar-refractivity contribution is 0.591. The normalized spacial score (nSPS) is 12.4. The van der Waals surface area contributed by atoms with Crippen molar-refractivity contribution >= 4 is 23.3 Å². The number of aryl methyl sites for hydroxylation is 1. The van der Waals surface area contributed by atoms with Crippen molar-refractivity contribution < 1.29 is 0 Å². The fourth-order valence-corrected chi connectivity index (χ4v) is 2.43. The van der Waals surface area contributed by atoms with Crippen molar-refractivity contribution in [2.24, 2.45) is 11.5 Å². The van der Waals surface area contributed by atoms with E-state index in [2.05, 4.69) is 30.1 Å². The van der Waals surface area contributed by atoms with Crippen molar-refractivity contribution in [2.45, 2.75) is 32.2 Å². The second kappa shape index (κ2) is 6.78. The molecule has 0 radical (unpaired) electrons. The maximum Gasteiger partial charge on any atom is 0.0459 e. The maximum absolute atomic E-state index is 6.29. The molecule has 0 aliphatic carbocycles. The number of fused-ring (bicyclic) bond motifs is 1. The highest BCUT2D eigenvalue weighted by Gasteiger charge is 2.14. The number of hydrogen-bond donors (Lipinski definition) is 3. The van der Waals surface area contributed by atoms with E-state index in [1.807, 2.05) is 6.07 Å². The smallest absolute Gasteiger partial charge is 0.0459 e. The van der Waals surface area contributed by atoms with Gasteiger partial charge >= 0.3 is 0 Å². The van der Waals surface area contributed by atoms with E-state index in [-0.39, 0.29) is 18.4 Å². The Bertz CT molecular complexity index is 493. The van der Waals surface area contributed by atoms with Gasteiger partial charge in [0.05, 0.1) is 0 Å². The summed E-state index contributed by atoms with van der Waals surface area (Å²) in [5.41, 5.74) is 15.4. The van der Waals surface area contributed by atoms with Crippen molar-refractivity contribution in [1.82, 2.24) is 4.98 Å². The van der Waals surface area contributed by atoms with Crippen LogP contribution in [0.2, 0.25) is 0 Å². The fraction of sp³-hybridized carbons (Fsp3) is 0.429. The van der Waals surface area contributed by atoms with E-state index in [0.717, 1.165) is 25.8 Å². The molecular weight excluding hydrogens is 246 g/mol. The first-order valence-corrected chi connectivity index (χ1v) is 6.27. The summed E-state index contributed by atoms with van der Waals surface area (Å²) in [5.74, 6) is 0. The monoisotopic (exact) mass is 267 g/mol. The van der Waals surface area contributed by atoms with E-state index >= 15 is 0 Å². The molecular formula is C14H22ClN3. The molecule has 0 aliphatic rings. The summed E-state index contributed by atoms with van der Waals surface area (Å²) in [6, 6.07) is 8.45. The molecule has 0 unspecified atom stereocenters. The second-order valence-electron chi connectivity index (χ2n) is 4.60. The van der Waals surface area contributed by atoms with E-state index in [9.17, 15) is 0 Å². The lowest BCUT2D eigenvalue weighted by atomic mass is 9.99. The second-order valence-corrected chi connectivity index (χ2v) is 4.60. The molecule has 3 nitrogen and oxygen atoms in total. The molecule has 0 bridgehead atoms. The largest absolute Gasteiger partial charge is 0.358 e. The number of halogens is 1. The van der Waals surface area contributed by atoms with E-state index in [4.69, 9.17) is 11.5 Å². The standard InChI is InChI=1S/C14H21N3.ClH/c1-10-14(12(16)7-4-5-9-15)11-6-2-3-8-13(11)17-10;/h2-3,6,8,12,17H,4-5,7,9,15-16H2,1H3;1H/t12-;/m1./s1. The van der Waals surface area contributed by atoms with Gasteiger partial charge in [-0.1, -0.05) is 24.6 Å². The molecule has 1 aromatic carbocycles. The number of hydrogen-bond acceptors (Lipinski definition) is 2. The molecule has 4 heteroatoms. The van der Waals surface area contributed by atoms with Crippen LogP contribution >= 0.6 is 12.4 Å². The molecule has 0 saturated heterocycles. The van der Waals surface area contributed by atoms with Gasteiger partial charge in [0.2, 0.25) is 0 Å². The van der Waals surface area contributed by atoms with E-state index in [0.29, 0.717) is 0 Å². The fourth-order valence-electron chi connectivity index (χ4n) is 2.43. The average Bonchev–Trinajstić information content (AvgIpc) is 2.65. The Balaban J connectivity index is 0.00000162. The van der Waals surface area contributed by atoms with E-state index < -0.39 is 0 Å². The molecule has 1 atom stereocenters. The highest BCUT2D eigenvalue weighted by Crippen LogP contribution is 2.28. The molecule has 0 fully saturated rings. The SMILES string of the molecule is Cc1[nH]c2ccccc2c1[C@H](N)CCCCN.Cl. The van der Waals surface area contributed by atoms with Crippen molar-refractivity contribution in [2.75, 3.05) is 6.54 Å². The number of unbranched alkanes of at least 4 members (excludes halogenated alkanes) is 1. The summed E-state index contributed by atoms with van der Waals surface area (Å²) in [4.78, 5) is 3.39. The van der Waals surface area contributed by atoms with Gasteiger partial charge in [-0.05, 0) is 37.9 Å². The third-order valence-electron chi connectivity index (χ3n) is 3.28. The highest BCUT2D eigenvalue weighted by molar-refractivity contribution is 5.85. The van der Waals surface area contributed by atoms with Crippen LogP contribution in [-0.4, -0.2) is 11.5 Å². The summed E-state index contributed by atoms with van der Waals surface area (Å²) in [7, 11) is 0. The summed E-state index contributed by atoms with van der Waals surface area (Å²) in [6.45, 7) is 2.84. The minimum atomic E-state index is 0. The summed E-state index contributed by atoms with van der Waals surface area (Å²) in [6.07, 6.45) is 3.14. The van der Waals surface area contributed by atoms with Gasteiger partial charge < -0.3 is 16.5 Å². The van der Waals surface area contributed by atoms with Crippen LogP contribution in [0.15, 0.2) is 24.3 Å². The van der Waals surface area contributed by atoms with Crippen LogP contribution < -0.4 is 11.5 Å². The Morgan fingerprint density at radius 3 is 2.67 bits per heavy atom. The number of para-hydroxylation sites is 1. The van der Waals surface area contributed by atoms with Crippen LogP contribution in [0.5, 0.6) is 0 Å². The van der Waals surface area contributed by atoms with Crippen molar-refractivity contribution in [1.29, 1.82) is 0 Å². The molecule has 0 amide bonds. The van der Waals surface area contributed by atoms with Gasteiger partial charge in [-0.25, -0.2) is 0 Å². The van der Waals surface area contributed by atoms with Gasteiger partial charge in [0, 0.05) is 22.6 Å². The zero-order chi connectivity index (χ0) is 12.3. The van der Waals surface area contributed by atoms with Gasteiger partial charge in [-0.15, -0.1) is 12.4 Å². The number of nitrogens with two attached hydrogens (primary N) is 2. The minimum absolute atomic E-state index is 0. The highest BCUT2D eigenvalue weighted by atomic mass is 35.5. The topological polar surface area (TPSA) is 67.8 Å². The third-order valence-corrected chi connectivity index (χ3v) is 3.28. The Morgan fingerprint density at radius 2 is 1.94 bits per heavy atom. The van der Waals surface area contributed by atoms with E-state index in [1.54, 1.807) is 0 Å². The quantitative estimate of drug-likeness (QED) is 0.729. The molecule has 0 saturated carbocycles. The lowest BCUT2D eigenvalue weighted by Crippen LogP contribution is -2.11. The van der Waals surface area contributed by atoms with Crippen LogP contribution in [0.1, 0.15) is 36.6 Å². The Kier molecular flexibility index (Phi) is 5.66. The molecule has 0 aliphatic heterocycles. The van der Waals surface area contributed by atoms with Gasteiger partial charge in [0.25, 0.3) is 0 Å². The van der Waals surface area contributed by atoms with Crippen LogP contribution in [0.3, 0.4) is 0 Å². The van der Waals surface area contributed by atoms with Gasteiger partial charge in [-0.2, -0.15) is 0 Å². The first-order chi connectivity index (χ1) is 8.24. The van der Waals surface area contributed by atoms with Gasteiger partial charge in [0.1, 0.15) is 0 Å². The van der Waals surface area contributed by atoms with Crippen LogP contribution in [0, 0.1) is 6.92 Å². The predicted octanol–water partition coefficient (Wildman–Crippen LogP) is 3.03. The summed E-state index contributed by atoms with van der Waals surface area (Å²) >= 11 is 0. The number of nitrogens with one attached hydrogen (secondary N) is 1. The number of H-pyrrole nitrogens is 1. The molecule has 2 rings (SSSR count). The molecule has 18 heavy (non-hydrogen) atoms. The van der Waals surface area contributed by atoms with Crippen molar-refractivity contribution in [3.8, 4) is 0 Å². The summed E-state index contributed by atoms with van der Waals surface area (Å²) < 4.78 is 0. The average molecular weight is 268 g/mol. The number of aromatic amines is 1. The third kappa shape index (κ3) is 3.05. The number of aromatic nitrogens is 1.